The van der Waals surface area contributed by atoms with Crippen molar-refractivity contribution in [3.63, 3.8) is 0 Å². The smallest absolute Gasteiger partial charge is 0.306 e. The van der Waals surface area contributed by atoms with Gasteiger partial charge in [-0.2, -0.15) is 0 Å². The molecule has 0 heterocycles. The molecule has 0 radical (unpaired) electrons. The third-order valence-corrected chi connectivity index (χ3v) is 12.8. The lowest BCUT2D eigenvalue weighted by Gasteiger charge is -2.18. The molecule has 0 amide bonds. The fourth-order valence-electron chi connectivity index (χ4n) is 8.22. The summed E-state index contributed by atoms with van der Waals surface area (Å²) in [6.45, 7) is 6.41. The van der Waals surface area contributed by atoms with Crippen LogP contribution in [-0.4, -0.2) is 37.2 Å². The molecule has 6 nitrogen and oxygen atoms in total. The normalized spacial score (nSPS) is 12.9. The van der Waals surface area contributed by atoms with Crippen molar-refractivity contribution in [3.8, 4) is 0 Å². The highest BCUT2D eigenvalue weighted by Crippen LogP contribution is 2.15. The molecule has 0 fully saturated rings. The van der Waals surface area contributed by atoms with Crippen molar-refractivity contribution in [2.75, 3.05) is 13.2 Å². The Morgan fingerprint density at radius 2 is 0.534 bits per heavy atom. The fraction of sp³-hybridized carbons (Fsp3) is 0.687. The minimum absolute atomic E-state index is 0.0903. The van der Waals surface area contributed by atoms with Gasteiger partial charge >= 0.3 is 17.9 Å². The first-order valence-corrected chi connectivity index (χ1v) is 30.4. The van der Waals surface area contributed by atoms with Crippen molar-refractivity contribution in [2.24, 2.45) is 0 Å². The average molecular weight is 1010 g/mol. The van der Waals surface area contributed by atoms with E-state index in [4.69, 9.17) is 14.2 Å². The molecular weight excluding hydrogens is 901 g/mol. The van der Waals surface area contributed by atoms with Crippen molar-refractivity contribution < 1.29 is 28.6 Å². The number of rotatable bonds is 54. The Kier molecular flexibility index (Phi) is 57.4. The molecule has 0 aromatic heterocycles. The van der Waals surface area contributed by atoms with E-state index >= 15 is 0 Å². The summed E-state index contributed by atoms with van der Waals surface area (Å²) in [6, 6.07) is 0. The van der Waals surface area contributed by atoms with E-state index in [1.807, 2.05) is 0 Å². The van der Waals surface area contributed by atoms with E-state index in [0.717, 1.165) is 135 Å². The summed E-state index contributed by atoms with van der Waals surface area (Å²) in [6.07, 6.45) is 82.8. The molecule has 0 N–H and O–H groups in total. The summed E-state index contributed by atoms with van der Waals surface area (Å²) in [5, 5.41) is 0. The van der Waals surface area contributed by atoms with Crippen LogP contribution < -0.4 is 0 Å². The van der Waals surface area contributed by atoms with Gasteiger partial charge in [-0.25, -0.2) is 0 Å². The molecule has 0 aromatic carbocycles. The lowest BCUT2D eigenvalue weighted by atomic mass is 10.0. The van der Waals surface area contributed by atoms with Crippen LogP contribution in [0.2, 0.25) is 0 Å². The molecule has 73 heavy (non-hydrogen) atoms. The third kappa shape index (κ3) is 58.8. The molecule has 0 bridgehead atoms. The van der Waals surface area contributed by atoms with Gasteiger partial charge in [0.25, 0.3) is 0 Å². The Balaban J connectivity index is 4.13. The number of carbonyl (C=O) groups excluding carboxylic acids is 3. The number of hydrogen-bond acceptors (Lipinski definition) is 6. The standard InChI is InChI=1S/C67H112O6/c1-4-7-10-13-15-17-19-21-23-25-27-29-31-32-33-34-36-37-39-41-43-45-47-49-51-54-57-60-66(69)72-63-64(62-71-65(68)59-56-53-12-9-6-3)73-67(70)61-58-55-52-50-48-46-44-42-40-38-35-30-28-26-24-22-20-18-16-14-11-8-5-2/h8,11,16,18-19,21-22,24-25,27-28,30-32,38,40,44,46,64H,4-7,9-10,12-15,17,20,23,26,29,33-37,39,41-43,45,47-63H2,1-3H3/b11-8-,18-16-,21-19-,24-22-,27-25-,30-28-,32-31-,40-38-,46-44-. The maximum absolute atomic E-state index is 12.8. The van der Waals surface area contributed by atoms with Crippen LogP contribution in [0.25, 0.3) is 0 Å². The molecule has 0 aromatic rings. The van der Waals surface area contributed by atoms with E-state index in [1.54, 1.807) is 0 Å². The third-order valence-electron chi connectivity index (χ3n) is 12.8. The molecule has 0 aliphatic rings. The molecule has 1 atom stereocenters. The zero-order chi connectivity index (χ0) is 52.9. The van der Waals surface area contributed by atoms with Crippen molar-refractivity contribution in [2.45, 2.75) is 284 Å². The minimum Gasteiger partial charge on any atom is -0.462 e. The second kappa shape index (κ2) is 60.6. The van der Waals surface area contributed by atoms with E-state index in [9.17, 15) is 14.4 Å². The van der Waals surface area contributed by atoms with Crippen molar-refractivity contribution in [1.29, 1.82) is 0 Å². The lowest BCUT2D eigenvalue weighted by molar-refractivity contribution is -0.167. The summed E-state index contributed by atoms with van der Waals surface area (Å²) in [7, 11) is 0. The molecule has 6 heteroatoms. The first-order chi connectivity index (χ1) is 36.0. The summed E-state index contributed by atoms with van der Waals surface area (Å²) >= 11 is 0. The first kappa shape index (κ1) is 69.1. The maximum atomic E-state index is 12.8. The Bertz CT molecular complexity index is 1490. The Morgan fingerprint density at radius 1 is 0.288 bits per heavy atom. The minimum atomic E-state index is -0.791. The lowest BCUT2D eigenvalue weighted by Crippen LogP contribution is -2.30. The highest BCUT2D eigenvalue weighted by Gasteiger charge is 2.19. The number of allylic oxidation sites excluding steroid dienone is 18. The van der Waals surface area contributed by atoms with Crippen LogP contribution >= 0.6 is 0 Å². The molecule has 1 unspecified atom stereocenters. The van der Waals surface area contributed by atoms with E-state index < -0.39 is 6.10 Å². The molecule has 0 aliphatic heterocycles. The predicted molar refractivity (Wildman–Crippen MR) is 316 cm³/mol. The number of hydrogen-bond donors (Lipinski definition) is 0. The van der Waals surface area contributed by atoms with Crippen molar-refractivity contribution >= 4 is 17.9 Å². The fourth-order valence-corrected chi connectivity index (χ4v) is 8.22. The topological polar surface area (TPSA) is 78.9 Å². The highest BCUT2D eigenvalue weighted by molar-refractivity contribution is 5.71. The van der Waals surface area contributed by atoms with E-state index in [0.29, 0.717) is 19.3 Å². The molecular formula is C67H112O6. The van der Waals surface area contributed by atoms with Gasteiger partial charge in [-0.05, 0) is 109 Å². The summed E-state index contributed by atoms with van der Waals surface area (Å²) in [5.74, 6) is -0.930. The van der Waals surface area contributed by atoms with Crippen LogP contribution in [0.1, 0.15) is 278 Å². The van der Waals surface area contributed by atoms with Gasteiger partial charge < -0.3 is 14.2 Å². The molecule has 0 aliphatic carbocycles. The largest absolute Gasteiger partial charge is 0.462 e. The number of esters is 3. The monoisotopic (exact) mass is 1010 g/mol. The van der Waals surface area contributed by atoms with Crippen LogP contribution in [-0.2, 0) is 28.6 Å². The van der Waals surface area contributed by atoms with Gasteiger partial charge in [0, 0.05) is 19.3 Å². The molecule has 0 rings (SSSR count). The average Bonchev–Trinajstić information content (AvgIpc) is 3.39. The second-order valence-electron chi connectivity index (χ2n) is 19.9. The Morgan fingerprint density at radius 3 is 0.836 bits per heavy atom. The van der Waals surface area contributed by atoms with Crippen molar-refractivity contribution in [3.05, 3.63) is 109 Å². The van der Waals surface area contributed by atoms with Gasteiger partial charge in [-0.15, -0.1) is 0 Å². The molecule has 0 saturated heterocycles. The SMILES string of the molecule is CC/C=C\C/C=C\C/C=C\C/C=C\C/C=C\C/C=C\CCCCCCC(=O)OC(COC(=O)CCCCCCC)COC(=O)CCCCCCCCCCCCCC/C=C\C/C=C\C/C=C\CCCCCCC. The van der Waals surface area contributed by atoms with Gasteiger partial charge in [0.05, 0.1) is 0 Å². The van der Waals surface area contributed by atoms with Gasteiger partial charge in [0.15, 0.2) is 6.10 Å². The van der Waals surface area contributed by atoms with Gasteiger partial charge in [-0.3, -0.25) is 14.4 Å². The van der Waals surface area contributed by atoms with Gasteiger partial charge in [0.1, 0.15) is 13.2 Å². The van der Waals surface area contributed by atoms with Crippen LogP contribution in [0.5, 0.6) is 0 Å². The zero-order valence-corrected chi connectivity index (χ0v) is 47.6. The summed E-state index contributed by atoms with van der Waals surface area (Å²) in [5.41, 5.74) is 0. The highest BCUT2D eigenvalue weighted by atomic mass is 16.6. The van der Waals surface area contributed by atoms with Gasteiger partial charge in [-0.1, -0.05) is 259 Å². The van der Waals surface area contributed by atoms with Crippen LogP contribution in [0, 0.1) is 0 Å². The molecule has 0 saturated carbocycles. The molecule has 416 valence electrons. The van der Waals surface area contributed by atoms with Crippen molar-refractivity contribution in [1.82, 2.24) is 0 Å². The zero-order valence-electron chi connectivity index (χ0n) is 47.6. The summed E-state index contributed by atoms with van der Waals surface area (Å²) < 4.78 is 16.7. The molecule has 0 spiro atoms. The summed E-state index contributed by atoms with van der Waals surface area (Å²) in [4.78, 5) is 37.9. The number of carbonyl (C=O) groups is 3. The second-order valence-corrected chi connectivity index (χ2v) is 19.9. The Hall–Kier alpha value is -3.93. The number of ether oxygens (including phenoxy) is 3. The van der Waals surface area contributed by atoms with Crippen LogP contribution in [0.4, 0.5) is 0 Å². The van der Waals surface area contributed by atoms with Crippen LogP contribution in [0.3, 0.4) is 0 Å². The van der Waals surface area contributed by atoms with E-state index in [-0.39, 0.29) is 31.1 Å². The first-order valence-electron chi connectivity index (χ1n) is 30.4. The Labute approximate surface area is 450 Å². The van der Waals surface area contributed by atoms with E-state index in [1.165, 1.54) is 103 Å². The predicted octanol–water partition coefficient (Wildman–Crippen LogP) is 20.7. The van der Waals surface area contributed by atoms with Crippen LogP contribution in [0.15, 0.2) is 109 Å². The maximum Gasteiger partial charge on any atom is 0.306 e. The quantitative estimate of drug-likeness (QED) is 0.0261. The van der Waals surface area contributed by atoms with Gasteiger partial charge in [0.2, 0.25) is 0 Å². The van der Waals surface area contributed by atoms with E-state index in [2.05, 4.69) is 130 Å². The number of unbranched alkanes of at least 4 members (excludes halogenated alkanes) is 25.